The minimum atomic E-state index is -0.270. The first kappa shape index (κ1) is 16.8. The van der Waals surface area contributed by atoms with Gasteiger partial charge in [-0.3, -0.25) is 14.4 Å². The third-order valence-corrected chi connectivity index (χ3v) is 5.92. The van der Waals surface area contributed by atoms with Crippen molar-refractivity contribution in [2.75, 3.05) is 13.6 Å². The Kier molecular flexibility index (Phi) is 4.05. The summed E-state index contributed by atoms with van der Waals surface area (Å²) in [5, 5.41) is 3.70. The molecule has 1 aliphatic heterocycles. The molecule has 1 aromatic heterocycles. The third-order valence-electron chi connectivity index (χ3n) is 5.92. The molecule has 2 heterocycles. The zero-order valence-corrected chi connectivity index (χ0v) is 15.0. The molecule has 2 fully saturated rings. The molecule has 6 heteroatoms. The lowest BCUT2D eigenvalue weighted by molar-refractivity contribution is -0.124. The maximum absolute atomic E-state index is 13.2. The van der Waals surface area contributed by atoms with Crippen molar-refractivity contribution in [2.45, 2.75) is 32.2 Å². The van der Waals surface area contributed by atoms with Crippen LogP contribution in [0.4, 0.5) is 0 Å². The number of pyridine rings is 1. The zero-order valence-electron chi connectivity index (χ0n) is 15.0. The topological polar surface area (TPSA) is 82.3 Å². The van der Waals surface area contributed by atoms with Crippen molar-refractivity contribution in [3.05, 3.63) is 45.7 Å². The maximum atomic E-state index is 13.2. The van der Waals surface area contributed by atoms with Gasteiger partial charge in [0.1, 0.15) is 0 Å². The molecular formula is C20H23N3O3. The lowest BCUT2D eigenvalue weighted by atomic mass is 9.89. The van der Waals surface area contributed by atoms with Crippen molar-refractivity contribution in [2.24, 2.45) is 11.8 Å². The van der Waals surface area contributed by atoms with Crippen molar-refractivity contribution >= 4 is 22.7 Å². The van der Waals surface area contributed by atoms with Gasteiger partial charge in [-0.1, -0.05) is 11.6 Å². The second-order valence-corrected chi connectivity index (χ2v) is 7.67. The van der Waals surface area contributed by atoms with E-state index in [4.69, 9.17) is 0 Å². The first-order valence-electron chi connectivity index (χ1n) is 9.10. The minimum absolute atomic E-state index is 0.101. The van der Waals surface area contributed by atoms with Gasteiger partial charge in [0, 0.05) is 43.0 Å². The third kappa shape index (κ3) is 2.89. The van der Waals surface area contributed by atoms with E-state index in [0.29, 0.717) is 35.9 Å². The second kappa shape index (κ2) is 6.27. The highest BCUT2D eigenvalue weighted by Crippen LogP contribution is 2.38. The van der Waals surface area contributed by atoms with E-state index in [9.17, 15) is 14.4 Å². The van der Waals surface area contributed by atoms with Crippen LogP contribution in [0, 0.1) is 18.8 Å². The SMILES string of the molecule is Cc1ccc2[nH]c(=O)cc(C(=O)N(C)[C@H]3C[C@H]4CNC(=O)C[C@H]4C3)c2c1. The predicted molar refractivity (Wildman–Crippen MR) is 99.0 cm³/mol. The van der Waals surface area contributed by atoms with Crippen molar-refractivity contribution < 1.29 is 9.59 Å². The molecule has 2 N–H and O–H groups in total. The quantitative estimate of drug-likeness (QED) is 0.864. The van der Waals surface area contributed by atoms with E-state index in [1.54, 1.807) is 4.90 Å². The van der Waals surface area contributed by atoms with Gasteiger partial charge in [0.25, 0.3) is 5.91 Å². The summed E-state index contributed by atoms with van der Waals surface area (Å²) < 4.78 is 0. The van der Waals surface area contributed by atoms with Crippen LogP contribution in [0.15, 0.2) is 29.1 Å². The molecule has 1 aliphatic carbocycles. The fourth-order valence-corrected chi connectivity index (χ4v) is 4.45. The number of rotatable bonds is 2. The van der Waals surface area contributed by atoms with Crippen LogP contribution in [0.25, 0.3) is 10.9 Å². The molecule has 2 aromatic rings. The molecule has 0 spiro atoms. The van der Waals surface area contributed by atoms with Crippen molar-refractivity contribution in [3.8, 4) is 0 Å². The molecule has 4 rings (SSSR count). The summed E-state index contributed by atoms with van der Waals surface area (Å²) in [5.74, 6) is 0.764. The summed E-state index contributed by atoms with van der Waals surface area (Å²) in [7, 11) is 1.81. The normalized spacial score (nSPS) is 25.0. The largest absolute Gasteiger partial charge is 0.356 e. The number of nitrogens with zero attached hydrogens (tertiary/aromatic N) is 1. The van der Waals surface area contributed by atoms with E-state index < -0.39 is 0 Å². The van der Waals surface area contributed by atoms with Gasteiger partial charge in [-0.2, -0.15) is 0 Å². The van der Waals surface area contributed by atoms with Gasteiger partial charge in [0.05, 0.1) is 5.56 Å². The molecule has 136 valence electrons. The number of carbonyl (C=O) groups is 2. The Hall–Kier alpha value is -2.63. The second-order valence-electron chi connectivity index (χ2n) is 7.67. The van der Waals surface area contributed by atoms with Gasteiger partial charge in [0.2, 0.25) is 11.5 Å². The molecule has 2 amide bonds. The van der Waals surface area contributed by atoms with Crippen LogP contribution >= 0.6 is 0 Å². The summed E-state index contributed by atoms with van der Waals surface area (Å²) in [6.45, 7) is 2.67. The summed E-state index contributed by atoms with van der Waals surface area (Å²) in [6, 6.07) is 7.19. The molecule has 1 saturated carbocycles. The Morgan fingerprint density at radius 3 is 2.73 bits per heavy atom. The molecule has 6 nitrogen and oxygen atoms in total. The summed E-state index contributed by atoms with van der Waals surface area (Å²) in [6.07, 6.45) is 2.30. The van der Waals surface area contributed by atoms with Crippen molar-refractivity contribution in [3.63, 3.8) is 0 Å². The number of amides is 2. The number of H-pyrrole nitrogens is 1. The van der Waals surface area contributed by atoms with Crippen molar-refractivity contribution in [1.29, 1.82) is 0 Å². The molecule has 1 saturated heterocycles. The lowest BCUT2D eigenvalue weighted by Crippen LogP contribution is -2.38. The molecule has 2 aliphatic rings. The molecule has 0 bridgehead atoms. The van der Waals surface area contributed by atoms with Crippen LogP contribution in [0.1, 0.15) is 35.2 Å². The number of nitrogens with one attached hydrogen (secondary N) is 2. The monoisotopic (exact) mass is 353 g/mol. The molecule has 1 aromatic carbocycles. The molecule has 3 atom stereocenters. The number of aromatic nitrogens is 1. The first-order chi connectivity index (χ1) is 12.4. The van der Waals surface area contributed by atoms with E-state index in [1.165, 1.54) is 6.07 Å². The summed E-state index contributed by atoms with van der Waals surface area (Å²) in [4.78, 5) is 41.4. The fraction of sp³-hybridized carbons (Fsp3) is 0.450. The molecular weight excluding hydrogens is 330 g/mol. The minimum Gasteiger partial charge on any atom is -0.356 e. The van der Waals surface area contributed by atoms with Gasteiger partial charge in [-0.25, -0.2) is 0 Å². The smallest absolute Gasteiger partial charge is 0.254 e. The van der Waals surface area contributed by atoms with E-state index in [1.807, 2.05) is 32.2 Å². The Morgan fingerprint density at radius 1 is 1.15 bits per heavy atom. The standard InChI is InChI=1S/C20H23N3O3/c1-11-3-4-17-15(5-11)16(9-19(25)22-17)20(26)23(2)14-6-12-8-18(24)21-10-13(12)7-14/h3-5,9,12-14H,6-8,10H2,1-2H3,(H,21,24)(H,22,25)/t12-,13+,14-/m1/s1. The number of hydrogen-bond donors (Lipinski definition) is 2. The van der Waals surface area contributed by atoms with Crippen LogP contribution in [0.5, 0.6) is 0 Å². The van der Waals surface area contributed by atoms with Gasteiger partial charge in [0.15, 0.2) is 0 Å². The van der Waals surface area contributed by atoms with E-state index >= 15 is 0 Å². The maximum Gasteiger partial charge on any atom is 0.254 e. The number of aryl methyl sites for hydroxylation is 1. The number of fused-ring (bicyclic) bond motifs is 2. The predicted octanol–water partition coefficient (Wildman–Crippen LogP) is 1.82. The number of carbonyl (C=O) groups excluding carboxylic acids is 2. The number of benzene rings is 1. The van der Waals surface area contributed by atoms with E-state index in [-0.39, 0.29) is 23.4 Å². The van der Waals surface area contributed by atoms with Crippen LogP contribution < -0.4 is 10.9 Å². The summed E-state index contributed by atoms with van der Waals surface area (Å²) in [5.41, 5.74) is 1.89. The summed E-state index contributed by atoms with van der Waals surface area (Å²) >= 11 is 0. The van der Waals surface area contributed by atoms with Gasteiger partial charge in [-0.05, 0) is 43.7 Å². The van der Waals surface area contributed by atoms with E-state index in [0.717, 1.165) is 23.8 Å². The Balaban J connectivity index is 1.64. The van der Waals surface area contributed by atoms with Gasteiger partial charge in [-0.15, -0.1) is 0 Å². The molecule has 0 radical (unpaired) electrons. The number of piperidine rings is 1. The fourth-order valence-electron chi connectivity index (χ4n) is 4.45. The van der Waals surface area contributed by atoms with Crippen molar-refractivity contribution in [1.82, 2.24) is 15.2 Å². The number of aromatic amines is 1. The highest BCUT2D eigenvalue weighted by molar-refractivity contribution is 6.06. The highest BCUT2D eigenvalue weighted by atomic mass is 16.2. The average Bonchev–Trinajstić information content (AvgIpc) is 3.03. The highest BCUT2D eigenvalue weighted by Gasteiger charge is 2.40. The van der Waals surface area contributed by atoms with Gasteiger partial charge < -0.3 is 15.2 Å². The Morgan fingerprint density at radius 2 is 1.92 bits per heavy atom. The lowest BCUT2D eigenvalue weighted by Gasteiger charge is -2.25. The van der Waals surface area contributed by atoms with Crippen LogP contribution in [-0.2, 0) is 4.79 Å². The van der Waals surface area contributed by atoms with Crippen LogP contribution in [0.3, 0.4) is 0 Å². The Labute approximate surface area is 151 Å². The zero-order chi connectivity index (χ0) is 18.4. The average molecular weight is 353 g/mol. The van der Waals surface area contributed by atoms with E-state index in [2.05, 4.69) is 10.3 Å². The van der Waals surface area contributed by atoms with Crippen LogP contribution in [0.2, 0.25) is 0 Å². The first-order valence-corrected chi connectivity index (χ1v) is 9.10. The number of hydrogen-bond acceptors (Lipinski definition) is 3. The van der Waals surface area contributed by atoms with Crippen LogP contribution in [-0.4, -0.2) is 41.3 Å². The molecule has 0 unspecified atom stereocenters. The molecule has 26 heavy (non-hydrogen) atoms. The van der Waals surface area contributed by atoms with Gasteiger partial charge >= 0.3 is 0 Å². The Bertz CT molecular complexity index is 949.